The molecule has 6 nitrogen and oxygen atoms in total. The number of hydrogen-bond acceptors (Lipinski definition) is 6. The number of aldehydes is 2. The van der Waals surface area contributed by atoms with E-state index in [0.717, 1.165) is 12.1 Å². The summed E-state index contributed by atoms with van der Waals surface area (Å²) in [5.41, 5.74) is 0.126. The van der Waals surface area contributed by atoms with Crippen LogP contribution < -0.4 is 0 Å². The smallest absolute Gasteiger partial charge is 0.153 e. The van der Waals surface area contributed by atoms with Crippen molar-refractivity contribution < 1.29 is 30.0 Å². The molecule has 2 aromatic carbocycles. The van der Waals surface area contributed by atoms with Crippen LogP contribution >= 0.6 is 23.2 Å². The largest absolute Gasteiger partial charge is 0.507 e. The Morgan fingerprint density at radius 3 is 1.23 bits per heavy atom. The molecule has 22 heavy (non-hydrogen) atoms. The quantitative estimate of drug-likeness (QED) is 0.622. The number of halogens is 2. The number of carbonyl (C=O) groups excluding carboxylic acids is 2. The maximum absolute atomic E-state index is 10.2. The summed E-state index contributed by atoms with van der Waals surface area (Å²) >= 11 is 10.9. The van der Waals surface area contributed by atoms with Gasteiger partial charge in [-0.05, 0) is 12.1 Å². The zero-order chi connectivity index (χ0) is 16.9. The predicted molar refractivity (Wildman–Crippen MR) is 80.3 cm³/mol. The number of phenolic OH excluding ortho intramolecular Hbond substituents is 4. The average Bonchev–Trinajstić information content (AvgIpc) is 2.47. The summed E-state index contributed by atoms with van der Waals surface area (Å²) in [5.74, 6) is -1.03. The zero-order valence-electron chi connectivity index (χ0n) is 10.8. The molecule has 0 fully saturated rings. The zero-order valence-corrected chi connectivity index (χ0v) is 12.3. The molecular formula is C14H10Cl2O6. The molecular weight excluding hydrogens is 335 g/mol. The molecule has 0 aromatic heterocycles. The van der Waals surface area contributed by atoms with Crippen molar-refractivity contribution in [2.75, 3.05) is 0 Å². The van der Waals surface area contributed by atoms with E-state index in [1.807, 2.05) is 0 Å². The maximum Gasteiger partial charge on any atom is 0.153 e. The highest BCUT2D eigenvalue weighted by Crippen LogP contribution is 2.30. The summed E-state index contributed by atoms with van der Waals surface area (Å²) in [6, 6.07) is 4.43. The number of phenols is 4. The van der Waals surface area contributed by atoms with Gasteiger partial charge < -0.3 is 20.4 Å². The van der Waals surface area contributed by atoms with Crippen LogP contribution in [0.15, 0.2) is 24.3 Å². The van der Waals surface area contributed by atoms with Crippen LogP contribution in [0.2, 0.25) is 10.0 Å². The van der Waals surface area contributed by atoms with E-state index in [2.05, 4.69) is 0 Å². The molecule has 2 rings (SSSR count). The van der Waals surface area contributed by atoms with Crippen molar-refractivity contribution in [1.29, 1.82) is 0 Å². The third-order valence-electron chi connectivity index (χ3n) is 2.45. The lowest BCUT2D eigenvalue weighted by molar-refractivity contribution is 0.111. The molecule has 0 atom stereocenters. The Morgan fingerprint density at radius 2 is 0.955 bits per heavy atom. The van der Waals surface area contributed by atoms with Crippen LogP contribution in [0.3, 0.4) is 0 Å². The highest BCUT2D eigenvalue weighted by molar-refractivity contribution is 6.32. The van der Waals surface area contributed by atoms with Gasteiger partial charge in [0.05, 0.1) is 21.2 Å². The van der Waals surface area contributed by atoms with Gasteiger partial charge in [0.15, 0.2) is 12.6 Å². The Hall–Kier alpha value is -2.44. The second-order valence-electron chi connectivity index (χ2n) is 3.96. The minimum atomic E-state index is -0.276. The second-order valence-corrected chi connectivity index (χ2v) is 4.77. The van der Waals surface area contributed by atoms with Crippen LogP contribution in [-0.4, -0.2) is 33.0 Å². The highest BCUT2D eigenvalue weighted by atomic mass is 35.5. The van der Waals surface area contributed by atoms with Crippen molar-refractivity contribution in [2.45, 2.75) is 0 Å². The van der Waals surface area contributed by atoms with Gasteiger partial charge in [-0.25, -0.2) is 0 Å². The van der Waals surface area contributed by atoms with E-state index >= 15 is 0 Å². The van der Waals surface area contributed by atoms with Gasteiger partial charge in [0.1, 0.15) is 23.0 Å². The average molecular weight is 345 g/mol. The van der Waals surface area contributed by atoms with E-state index in [0.29, 0.717) is 12.6 Å². The minimum absolute atomic E-state index is 0.0462. The molecule has 0 aliphatic carbocycles. The molecule has 4 N–H and O–H groups in total. The van der Waals surface area contributed by atoms with Crippen LogP contribution in [0, 0.1) is 0 Å². The summed E-state index contributed by atoms with van der Waals surface area (Å²) in [6.45, 7) is 0. The van der Waals surface area contributed by atoms with Crippen molar-refractivity contribution >= 4 is 35.8 Å². The minimum Gasteiger partial charge on any atom is -0.507 e. The summed E-state index contributed by atoms with van der Waals surface area (Å²) < 4.78 is 0. The fourth-order valence-corrected chi connectivity index (χ4v) is 1.67. The van der Waals surface area contributed by atoms with E-state index in [4.69, 9.17) is 43.6 Å². The van der Waals surface area contributed by atoms with Gasteiger partial charge >= 0.3 is 0 Å². The molecule has 0 aliphatic heterocycles. The molecule has 0 bridgehead atoms. The first-order valence-electron chi connectivity index (χ1n) is 5.63. The van der Waals surface area contributed by atoms with Crippen LogP contribution in [0.4, 0.5) is 0 Å². The van der Waals surface area contributed by atoms with Gasteiger partial charge in [-0.15, -0.1) is 0 Å². The van der Waals surface area contributed by atoms with Crippen LogP contribution in [0.1, 0.15) is 20.7 Å². The summed E-state index contributed by atoms with van der Waals surface area (Å²) in [4.78, 5) is 20.4. The van der Waals surface area contributed by atoms with E-state index in [1.54, 1.807) is 0 Å². The van der Waals surface area contributed by atoms with E-state index < -0.39 is 0 Å². The van der Waals surface area contributed by atoms with E-state index in [-0.39, 0.29) is 44.2 Å². The fraction of sp³-hybridized carbons (Fsp3) is 0. The Balaban J connectivity index is 0.000000220. The Kier molecular flexibility index (Phi) is 6.03. The van der Waals surface area contributed by atoms with Crippen molar-refractivity contribution in [2.24, 2.45) is 0 Å². The van der Waals surface area contributed by atoms with Crippen LogP contribution in [-0.2, 0) is 0 Å². The first-order chi connectivity index (χ1) is 10.3. The molecule has 0 unspecified atom stereocenters. The normalized spacial score (nSPS) is 9.55. The Labute approximate surface area is 134 Å². The van der Waals surface area contributed by atoms with Crippen molar-refractivity contribution in [1.82, 2.24) is 0 Å². The van der Waals surface area contributed by atoms with Gasteiger partial charge in [0.2, 0.25) is 0 Å². The lowest BCUT2D eigenvalue weighted by Gasteiger charge is -1.99. The third-order valence-corrected chi connectivity index (χ3v) is 3.05. The second kappa shape index (κ2) is 7.53. The predicted octanol–water partition coefficient (Wildman–Crippen LogP) is 3.13. The molecule has 0 amide bonds. The monoisotopic (exact) mass is 344 g/mol. The molecule has 2 aromatic rings. The molecule has 0 radical (unpaired) electrons. The SMILES string of the molecule is O=Cc1cc(Cl)c(O)cc1O.O=Cc1cc(Cl)c(O)cc1O. The van der Waals surface area contributed by atoms with Gasteiger partial charge in [0.25, 0.3) is 0 Å². The lowest BCUT2D eigenvalue weighted by Crippen LogP contribution is -1.80. The Morgan fingerprint density at radius 1 is 0.636 bits per heavy atom. The highest BCUT2D eigenvalue weighted by Gasteiger charge is 2.05. The first-order valence-corrected chi connectivity index (χ1v) is 6.39. The van der Waals surface area contributed by atoms with Crippen molar-refractivity contribution in [3.8, 4) is 23.0 Å². The van der Waals surface area contributed by atoms with Crippen LogP contribution in [0.25, 0.3) is 0 Å². The molecule has 0 heterocycles. The lowest BCUT2D eigenvalue weighted by atomic mass is 10.2. The number of carbonyl (C=O) groups is 2. The number of benzene rings is 2. The van der Waals surface area contributed by atoms with Crippen LogP contribution in [0.5, 0.6) is 23.0 Å². The molecule has 8 heteroatoms. The molecule has 0 saturated heterocycles. The topological polar surface area (TPSA) is 115 Å². The fourth-order valence-electron chi connectivity index (χ4n) is 1.32. The van der Waals surface area contributed by atoms with E-state index in [9.17, 15) is 9.59 Å². The molecule has 0 saturated carbocycles. The maximum atomic E-state index is 10.2. The van der Waals surface area contributed by atoms with Crippen molar-refractivity contribution in [3.63, 3.8) is 0 Å². The van der Waals surface area contributed by atoms with E-state index in [1.165, 1.54) is 12.1 Å². The molecule has 0 spiro atoms. The van der Waals surface area contributed by atoms with Gasteiger partial charge in [-0.1, -0.05) is 23.2 Å². The van der Waals surface area contributed by atoms with Gasteiger partial charge in [0, 0.05) is 12.1 Å². The molecule has 0 aliphatic rings. The van der Waals surface area contributed by atoms with Crippen molar-refractivity contribution in [3.05, 3.63) is 45.4 Å². The first kappa shape index (κ1) is 17.6. The number of aromatic hydroxyl groups is 4. The third kappa shape index (κ3) is 4.28. The summed E-state index contributed by atoms with van der Waals surface area (Å²) in [7, 11) is 0. The number of hydrogen-bond donors (Lipinski definition) is 4. The molecule has 116 valence electrons. The summed E-state index contributed by atoms with van der Waals surface area (Å²) in [6.07, 6.45) is 0.918. The van der Waals surface area contributed by atoms with Gasteiger partial charge in [-0.2, -0.15) is 0 Å². The summed E-state index contributed by atoms with van der Waals surface area (Å²) in [5, 5.41) is 35.8. The van der Waals surface area contributed by atoms with Gasteiger partial charge in [-0.3, -0.25) is 9.59 Å². The standard InChI is InChI=1S/2C7H5ClO3/c2*8-5-1-4(3-9)6(10)2-7(5)11/h2*1-3,10-11H. The number of rotatable bonds is 2. The Bertz CT molecular complexity index is 653.